The number of rotatable bonds is 53. The summed E-state index contributed by atoms with van der Waals surface area (Å²) in [6.07, 6.45) is 90.9. The van der Waals surface area contributed by atoms with Crippen molar-refractivity contribution in [3.05, 3.63) is 182 Å². The van der Waals surface area contributed by atoms with Crippen molar-refractivity contribution >= 4 is 19.8 Å². The fraction of sp³-hybridized carbons (Fsp3) is 0.543. The largest absolute Gasteiger partial charge is 0.756 e. The average molecular weight is 1120 g/mol. The standard InChI is InChI=1S/C70H110NO8P/c1-6-8-10-12-14-16-18-20-22-24-26-27-28-29-30-31-32-33-34-35-36-37-38-39-40-41-42-43-45-47-49-51-53-55-57-59-61-63-70(73)79-68(67-78-80(74,75)77-65-64-71(3,4)5)66-76-69(72)62-60-58-56-54-52-50-48-46-44-25-23-21-19-17-15-13-11-9-7-2/h8-11,14-17,20-23,26-27,29-30,32-33,35-36,38-39,41-42,44-47,50,52,68H,6-7,12-13,18-19,24-25,28,31,34,37,40,43,48-49,51,53-67H2,1-5H3/b10-8-,11-9-,16-14-,17-15-,22-20-,23-21-,27-26-,30-29-,33-32-,36-35-,39-38-,42-41-,46-44-,47-45-,52-50-. The number of nitrogens with zero attached hydrogens (tertiary/aromatic N) is 1. The Kier molecular flexibility index (Phi) is 55.2. The van der Waals surface area contributed by atoms with Crippen molar-refractivity contribution in [3.8, 4) is 0 Å². The second-order valence-electron chi connectivity index (χ2n) is 20.6. The van der Waals surface area contributed by atoms with Gasteiger partial charge in [0.15, 0.2) is 6.10 Å². The molecule has 0 aromatic heterocycles. The van der Waals surface area contributed by atoms with E-state index < -0.39 is 32.5 Å². The minimum atomic E-state index is -4.66. The normalized spacial score (nSPS) is 14.5. The fourth-order valence-corrected chi connectivity index (χ4v) is 8.03. The zero-order valence-corrected chi connectivity index (χ0v) is 51.6. The van der Waals surface area contributed by atoms with E-state index in [1.54, 1.807) is 0 Å². The van der Waals surface area contributed by atoms with Gasteiger partial charge in [0.25, 0.3) is 7.82 Å². The van der Waals surface area contributed by atoms with Gasteiger partial charge in [0.1, 0.15) is 19.8 Å². The molecule has 0 aliphatic rings. The lowest BCUT2D eigenvalue weighted by atomic mass is 10.1. The first-order valence-electron chi connectivity index (χ1n) is 30.5. The van der Waals surface area contributed by atoms with E-state index in [2.05, 4.69) is 196 Å². The van der Waals surface area contributed by atoms with E-state index in [4.69, 9.17) is 18.5 Å². The molecule has 0 radical (unpaired) electrons. The molecule has 0 aromatic rings. The number of allylic oxidation sites excluding steroid dienone is 30. The fourth-order valence-electron chi connectivity index (χ4n) is 7.30. The van der Waals surface area contributed by atoms with Crippen molar-refractivity contribution < 1.29 is 42.1 Å². The number of quaternary nitrogens is 1. The Balaban J connectivity index is 4.26. The summed E-state index contributed by atoms with van der Waals surface area (Å²) in [7, 11) is 1.10. The second kappa shape index (κ2) is 58.8. The molecule has 10 heteroatoms. The molecule has 2 unspecified atom stereocenters. The van der Waals surface area contributed by atoms with Crippen LogP contribution in [0.2, 0.25) is 0 Å². The van der Waals surface area contributed by atoms with Crippen LogP contribution in [0.3, 0.4) is 0 Å². The molecule has 0 heterocycles. The molecule has 0 spiro atoms. The average Bonchev–Trinajstić information content (AvgIpc) is 3.42. The maximum atomic E-state index is 12.8. The summed E-state index contributed by atoms with van der Waals surface area (Å²) in [5, 5.41) is 0. The van der Waals surface area contributed by atoms with Crippen LogP contribution in [-0.4, -0.2) is 70.0 Å². The number of likely N-dealkylation sites (N-methyl/N-ethyl adjacent to an activating group) is 1. The molecule has 9 nitrogen and oxygen atoms in total. The second-order valence-corrected chi connectivity index (χ2v) is 22.0. The predicted molar refractivity (Wildman–Crippen MR) is 341 cm³/mol. The molecular formula is C70H110NO8P. The van der Waals surface area contributed by atoms with Gasteiger partial charge in [-0.15, -0.1) is 0 Å². The van der Waals surface area contributed by atoms with Crippen molar-refractivity contribution in [2.75, 3.05) is 47.5 Å². The quantitative estimate of drug-likeness (QED) is 0.0195. The van der Waals surface area contributed by atoms with Crippen molar-refractivity contribution in [2.24, 2.45) is 0 Å². The van der Waals surface area contributed by atoms with E-state index in [1.165, 1.54) is 0 Å². The van der Waals surface area contributed by atoms with Gasteiger partial charge in [-0.2, -0.15) is 0 Å². The number of hydrogen-bond donors (Lipinski definition) is 0. The summed E-state index contributed by atoms with van der Waals surface area (Å²) < 4.78 is 34.1. The van der Waals surface area contributed by atoms with Crippen LogP contribution in [0.15, 0.2) is 182 Å². The number of hydrogen-bond acceptors (Lipinski definition) is 8. The summed E-state index contributed by atoms with van der Waals surface area (Å²) in [4.78, 5) is 37.9. The highest BCUT2D eigenvalue weighted by Gasteiger charge is 2.21. The molecule has 0 bridgehead atoms. The van der Waals surface area contributed by atoms with Crippen molar-refractivity contribution in [2.45, 2.75) is 200 Å². The van der Waals surface area contributed by atoms with Crippen LogP contribution in [0.25, 0.3) is 0 Å². The maximum Gasteiger partial charge on any atom is 0.306 e. The Bertz CT molecular complexity index is 2000. The molecule has 0 saturated heterocycles. The maximum absolute atomic E-state index is 12.8. The van der Waals surface area contributed by atoms with Gasteiger partial charge in [-0.3, -0.25) is 14.2 Å². The highest BCUT2D eigenvalue weighted by atomic mass is 31.2. The third kappa shape index (κ3) is 62.3. The van der Waals surface area contributed by atoms with E-state index in [0.29, 0.717) is 23.9 Å². The first kappa shape index (κ1) is 75.1. The molecule has 0 fully saturated rings. The number of carbonyl (C=O) groups is 2. The first-order chi connectivity index (χ1) is 39.0. The molecule has 448 valence electrons. The van der Waals surface area contributed by atoms with Crippen LogP contribution < -0.4 is 4.89 Å². The predicted octanol–water partition coefficient (Wildman–Crippen LogP) is 19.0. The van der Waals surface area contributed by atoms with Crippen LogP contribution in [-0.2, 0) is 32.7 Å². The zero-order valence-electron chi connectivity index (χ0n) is 50.7. The van der Waals surface area contributed by atoms with E-state index in [9.17, 15) is 19.0 Å². The summed E-state index contributed by atoms with van der Waals surface area (Å²) in [5.74, 6) is -0.906. The Labute approximate surface area is 489 Å². The molecule has 0 aliphatic heterocycles. The lowest BCUT2D eigenvalue weighted by Gasteiger charge is -2.28. The van der Waals surface area contributed by atoms with E-state index >= 15 is 0 Å². The van der Waals surface area contributed by atoms with Crippen LogP contribution in [0, 0.1) is 0 Å². The highest BCUT2D eigenvalue weighted by Crippen LogP contribution is 2.38. The molecule has 0 N–H and O–H groups in total. The molecule has 0 aromatic carbocycles. The third-order valence-corrected chi connectivity index (χ3v) is 12.9. The summed E-state index contributed by atoms with van der Waals surface area (Å²) in [6.45, 7) is 3.92. The number of phosphoric ester groups is 1. The topological polar surface area (TPSA) is 111 Å². The molecule has 0 amide bonds. The smallest absolute Gasteiger partial charge is 0.306 e. The Hall–Kier alpha value is -4.89. The van der Waals surface area contributed by atoms with Gasteiger partial charge in [0, 0.05) is 12.8 Å². The Morgan fingerprint density at radius 1 is 0.388 bits per heavy atom. The molecule has 0 rings (SSSR count). The van der Waals surface area contributed by atoms with Gasteiger partial charge in [-0.1, -0.05) is 228 Å². The molecule has 0 saturated carbocycles. The van der Waals surface area contributed by atoms with E-state index in [1.807, 2.05) is 21.1 Å². The number of carbonyl (C=O) groups excluding carboxylic acids is 2. The van der Waals surface area contributed by atoms with Crippen molar-refractivity contribution in [1.82, 2.24) is 0 Å². The van der Waals surface area contributed by atoms with Gasteiger partial charge in [-0.25, -0.2) is 0 Å². The summed E-state index contributed by atoms with van der Waals surface area (Å²) >= 11 is 0. The van der Waals surface area contributed by atoms with Crippen LogP contribution in [0.1, 0.15) is 194 Å². The van der Waals surface area contributed by atoms with Gasteiger partial charge in [0.2, 0.25) is 0 Å². The monoisotopic (exact) mass is 1120 g/mol. The molecule has 2 atom stereocenters. The van der Waals surface area contributed by atoms with Gasteiger partial charge in [0.05, 0.1) is 27.7 Å². The van der Waals surface area contributed by atoms with E-state index in [-0.39, 0.29) is 26.1 Å². The van der Waals surface area contributed by atoms with Crippen LogP contribution in [0.5, 0.6) is 0 Å². The third-order valence-electron chi connectivity index (χ3n) is 11.9. The summed E-state index contributed by atoms with van der Waals surface area (Å²) in [6, 6.07) is 0. The molecule has 80 heavy (non-hydrogen) atoms. The van der Waals surface area contributed by atoms with Crippen LogP contribution in [0.4, 0.5) is 0 Å². The Morgan fingerprint density at radius 3 is 1.01 bits per heavy atom. The molecular weight excluding hydrogens is 1010 g/mol. The van der Waals surface area contributed by atoms with Gasteiger partial charge < -0.3 is 27.9 Å². The number of unbranched alkanes of at least 4 members (excludes halogenated alkanes) is 9. The van der Waals surface area contributed by atoms with Gasteiger partial charge in [-0.05, 0) is 135 Å². The van der Waals surface area contributed by atoms with Crippen LogP contribution >= 0.6 is 7.82 Å². The van der Waals surface area contributed by atoms with Crippen molar-refractivity contribution in [3.63, 3.8) is 0 Å². The first-order valence-corrected chi connectivity index (χ1v) is 32.0. The highest BCUT2D eigenvalue weighted by molar-refractivity contribution is 7.45. The number of esters is 2. The number of ether oxygens (including phenoxy) is 2. The van der Waals surface area contributed by atoms with Gasteiger partial charge >= 0.3 is 11.9 Å². The lowest BCUT2D eigenvalue weighted by Crippen LogP contribution is -2.37. The van der Waals surface area contributed by atoms with Crippen molar-refractivity contribution in [1.29, 1.82) is 0 Å². The minimum Gasteiger partial charge on any atom is -0.756 e. The van der Waals surface area contributed by atoms with E-state index in [0.717, 1.165) is 154 Å². The number of phosphoric acid groups is 1. The minimum absolute atomic E-state index is 0.0507. The lowest BCUT2D eigenvalue weighted by molar-refractivity contribution is -0.870. The molecule has 0 aliphatic carbocycles. The zero-order chi connectivity index (χ0) is 58.4. The summed E-state index contributed by atoms with van der Waals surface area (Å²) in [5.41, 5.74) is 0. The SMILES string of the molecule is CC/C=C\C/C=C\C/C=C\C/C=C\C/C=C\C/C=C\C/C=C\C/C=C\C/C=C\C/C=C\CCCCCCCCC(=O)OC(COC(=O)CCCCC/C=C\C/C=C\C/C=C\C/C=C\C/C=C\CC)COP(=O)([O-])OCC[N+](C)(C)C. The Morgan fingerprint density at radius 2 is 0.675 bits per heavy atom.